The molecule has 0 unspecified atom stereocenters. The lowest BCUT2D eigenvalue weighted by molar-refractivity contribution is -0.132. The number of nitrogens with zero attached hydrogens (tertiary/aromatic N) is 3. The Morgan fingerprint density at radius 3 is 2.45 bits per heavy atom. The second-order valence-corrected chi connectivity index (χ2v) is 8.34. The number of hydrogen-bond acceptors (Lipinski definition) is 5. The van der Waals surface area contributed by atoms with E-state index in [4.69, 9.17) is 27.7 Å². The Morgan fingerprint density at radius 2 is 1.74 bits per heavy atom. The molecule has 2 heterocycles. The Morgan fingerprint density at radius 1 is 1.00 bits per heavy atom. The molecular formula is C23H21Cl2N3O3. The lowest BCUT2D eigenvalue weighted by atomic mass is 9.96. The summed E-state index contributed by atoms with van der Waals surface area (Å²) < 4.78 is 5.47. The van der Waals surface area contributed by atoms with Gasteiger partial charge in [-0.1, -0.05) is 58.7 Å². The molecule has 1 aromatic heterocycles. The molecule has 0 N–H and O–H groups in total. The number of piperidine rings is 1. The van der Waals surface area contributed by atoms with Crippen LogP contribution in [0.3, 0.4) is 0 Å². The van der Waals surface area contributed by atoms with E-state index in [1.165, 1.54) is 0 Å². The summed E-state index contributed by atoms with van der Waals surface area (Å²) in [5.74, 6) is 1.12. The number of likely N-dealkylation sites (tertiary alicyclic amines) is 1. The minimum absolute atomic E-state index is 0.00440. The standard InChI is InChI=1S/C23H21Cl2N3O3/c24-18-7-6-17(14-19(18)25)22-26-23(31-27-22)16-10-12-28(13-11-16)21(30)9-8-20(29)15-4-2-1-3-5-15/h1-7,14,16H,8-13H2. The summed E-state index contributed by atoms with van der Waals surface area (Å²) in [4.78, 5) is 31.1. The Kier molecular flexibility index (Phi) is 6.68. The van der Waals surface area contributed by atoms with E-state index < -0.39 is 0 Å². The number of ketones is 1. The number of aromatic nitrogens is 2. The van der Waals surface area contributed by atoms with Gasteiger partial charge in [0.25, 0.3) is 0 Å². The number of rotatable bonds is 6. The van der Waals surface area contributed by atoms with Crippen LogP contribution in [-0.2, 0) is 4.79 Å². The zero-order valence-electron chi connectivity index (χ0n) is 16.8. The first-order valence-corrected chi connectivity index (χ1v) is 10.9. The summed E-state index contributed by atoms with van der Waals surface area (Å²) in [5.41, 5.74) is 1.38. The van der Waals surface area contributed by atoms with Gasteiger partial charge >= 0.3 is 0 Å². The molecule has 0 saturated carbocycles. The van der Waals surface area contributed by atoms with Crippen LogP contribution in [0.5, 0.6) is 0 Å². The van der Waals surface area contributed by atoms with E-state index >= 15 is 0 Å². The van der Waals surface area contributed by atoms with Crippen LogP contribution < -0.4 is 0 Å². The Hall–Kier alpha value is -2.70. The van der Waals surface area contributed by atoms with Gasteiger partial charge in [0.05, 0.1) is 10.0 Å². The average Bonchev–Trinajstić information content (AvgIpc) is 3.30. The van der Waals surface area contributed by atoms with Crippen molar-refractivity contribution in [1.82, 2.24) is 15.0 Å². The van der Waals surface area contributed by atoms with Gasteiger partial charge in [-0.15, -0.1) is 0 Å². The minimum atomic E-state index is -0.00970. The van der Waals surface area contributed by atoms with E-state index in [1.54, 1.807) is 30.3 Å². The average molecular weight is 458 g/mol. The molecular weight excluding hydrogens is 437 g/mol. The highest BCUT2D eigenvalue weighted by molar-refractivity contribution is 6.42. The maximum Gasteiger partial charge on any atom is 0.230 e. The van der Waals surface area contributed by atoms with E-state index in [1.807, 2.05) is 23.1 Å². The van der Waals surface area contributed by atoms with E-state index in [9.17, 15) is 9.59 Å². The fourth-order valence-corrected chi connectivity index (χ4v) is 3.97. The molecule has 8 heteroatoms. The number of carbonyl (C=O) groups excluding carboxylic acids is 2. The monoisotopic (exact) mass is 457 g/mol. The van der Waals surface area contributed by atoms with Crippen LogP contribution in [0.1, 0.15) is 47.8 Å². The summed E-state index contributed by atoms with van der Waals surface area (Å²) in [5, 5.41) is 4.96. The van der Waals surface area contributed by atoms with Gasteiger partial charge in [-0.3, -0.25) is 9.59 Å². The van der Waals surface area contributed by atoms with Gasteiger partial charge in [0, 0.05) is 43.0 Å². The predicted molar refractivity (Wildman–Crippen MR) is 118 cm³/mol. The SMILES string of the molecule is O=C(CCC(=O)N1CCC(c2nc(-c3ccc(Cl)c(Cl)c3)no2)CC1)c1ccccc1. The number of benzene rings is 2. The number of halogens is 2. The van der Waals surface area contributed by atoms with E-state index in [0.717, 1.165) is 18.4 Å². The smallest absolute Gasteiger partial charge is 0.230 e. The van der Waals surface area contributed by atoms with E-state index in [0.29, 0.717) is 40.4 Å². The van der Waals surface area contributed by atoms with E-state index in [-0.39, 0.29) is 30.4 Å². The van der Waals surface area contributed by atoms with Crippen molar-refractivity contribution in [2.24, 2.45) is 0 Å². The third-order valence-corrected chi connectivity index (χ3v) is 6.22. The topological polar surface area (TPSA) is 76.3 Å². The second-order valence-electron chi connectivity index (χ2n) is 7.53. The molecule has 3 aromatic rings. The van der Waals surface area contributed by atoms with Crippen LogP contribution in [0, 0.1) is 0 Å². The first-order chi connectivity index (χ1) is 15.0. The molecule has 6 nitrogen and oxygen atoms in total. The molecule has 31 heavy (non-hydrogen) atoms. The van der Waals surface area contributed by atoms with Crippen molar-refractivity contribution in [3.05, 3.63) is 70.0 Å². The molecule has 160 valence electrons. The molecule has 1 fully saturated rings. The molecule has 1 amide bonds. The fourth-order valence-electron chi connectivity index (χ4n) is 3.68. The number of amides is 1. The van der Waals surface area contributed by atoms with Crippen molar-refractivity contribution < 1.29 is 14.1 Å². The molecule has 1 aliphatic heterocycles. The first-order valence-electron chi connectivity index (χ1n) is 10.2. The highest BCUT2D eigenvalue weighted by Gasteiger charge is 2.28. The number of hydrogen-bond donors (Lipinski definition) is 0. The van der Waals surface area contributed by atoms with Crippen LogP contribution in [0.25, 0.3) is 11.4 Å². The van der Waals surface area contributed by atoms with Crippen LogP contribution in [0.15, 0.2) is 53.1 Å². The summed E-state index contributed by atoms with van der Waals surface area (Å²) in [6.07, 6.45) is 1.92. The molecule has 0 spiro atoms. The zero-order chi connectivity index (χ0) is 21.8. The molecule has 2 aromatic carbocycles. The molecule has 4 rings (SSSR count). The second kappa shape index (κ2) is 9.62. The fraction of sp³-hybridized carbons (Fsp3) is 0.304. The molecule has 0 aliphatic carbocycles. The van der Waals surface area contributed by atoms with Crippen molar-refractivity contribution in [2.75, 3.05) is 13.1 Å². The third kappa shape index (κ3) is 5.14. The largest absolute Gasteiger partial charge is 0.343 e. The van der Waals surface area contributed by atoms with Crippen molar-refractivity contribution in [3.63, 3.8) is 0 Å². The number of Topliss-reactive ketones (excluding diaryl/α,β-unsaturated/α-hetero) is 1. The van der Waals surface area contributed by atoms with Gasteiger partial charge in [0.15, 0.2) is 5.78 Å². The normalized spacial score (nSPS) is 14.6. The highest BCUT2D eigenvalue weighted by atomic mass is 35.5. The Bertz CT molecular complexity index is 1080. The van der Waals surface area contributed by atoms with Gasteiger partial charge in [-0.2, -0.15) is 4.98 Å². The van der Waals surface area contributed by atoms with Crippen LogP contribution >= 0.6 is 23.2 Å². The van der Waals surface area contributed by atoms with Gasteiger partial charge < -0.3 is 9.42 Å². The quantitative estimate of drug-likeness (QED) is 0.462. The predicted octanol–water partition coefficient (Wildman–Crippen LogP) is 5.41. The lowest BCUT2D eigenvalue weighted by Crippen LogP contribution is -2.38. The lowest BCUT2D eigenvalue weighted by Gasteiger charge is -2.30. The maximum absolute atomic E-state index is 12.5. The zero-order valence-corrected chi connectivity index (χ0v) is 18.3. The summed E-state index contributed by atoms with van der Waals surface area (Å²) in [6.45, 7) is 1.21. The summed E-state index contributed by atoms with van der Waals surface area (Å²) in [7, 11) is 0. The van der Waals surface area contributed by atoms with Gasteiger partial charge in [0.1, 0.15) is 0 Å². The van der Waals surface area contributed by atoms with Gasteiger partial charge in [-0.05, 0) is 31.0 Å². The highest BCUT2D eigenvalue weighted by Crippen LogP contribution is 2.31. The Labute approximate surface area is 190 Å². The van der Waals surface area contributed by atoms with Crippen LogP contribution in [-0.4, -0.2) is 39.8 Å². The molecule has 1 aliphatic rings. The maximum atomic E-state index is 12.5. The molecule has 1 saturated heterocycles. The first kappa shape index (κ1) is 21.5. The molecule has 0 atom stereocenters. The summed E-state index contributed by atoms with van der Waals surface area (Å²) >= 11 is 12.0. The van der Waals surface area contributed by atoms with Crippen LogP contribution in [0.2, 0.25) is 10.0 Å². The van der Waals surface area contributed by atoms with Crippen molar-refractivity contribution in [1.29, 1.82) is 0 Å². The third-order valence-electron chi connectivity index (χ3n) is 5.48. The van der Waals surface area contributed by atoms with Gasteiger partial charge in [-0.25, -0.2) is 0 Å². The Balaban J connectivity index is 1.29. The molecule has 0 radical (unpaired) electrons. The summed E-state index contributed by atoms with van der Waals surface area (Å²) in [6, 6.07) is 14.3. The van der Waals surface area contributed by atoms with Crippen molar-refractivity contribution >= 4 is 34.9 Å². The van der Waals surface area contributed by atoms with E-state index in [2.05, 4.69) is 10.1 Å². The van der Waals surface area contributed by atoms with Crippen molar-refractivity contribution in [2.45, 2.75) is 31.6 Å². The molecule has 0 bridgehead atoms. The van der Waals surface area contributed by atoms with Gasteiger partial charge in [0.2, 0.25) is 17.6 Å². The van der Waals surface area contributed by atoms with Crippen molar-refractivity contribution in [3.8, 4) is 11.4 Å². The number of carbonyl (C=O) groups is 2. The minimum Gasteiger partial charge on any atom is -0.343 e. The van der Waals surface area contributed by atoms with Crippen LogP contribution in [0.4, 0.5) is 0 Å².